The summed E-state index contributed by atoms with van der Waals surface area (Å²) in [5.41, 5.74) is 1.41. The number of nitrogens with one attached hydrogen (secondary N) is 1. The van der Waals surface area contributed by atoms with Crippen LogP contribution in [0.3, 0.4) is 0 Å². The van der Waals surface area contributed by atoms with Crippen molar-refractivity contribution in [2.24, 2.45) is 5.92 Å². The molecule has 1 unspecified atom stereocenters. The van der Waals surface area contributed by atoms with Gasteiger partial charge >= 0.3 is 0 Å². The van der Waals surface area contributed by atoms with Gasteiger partial charge in [-0.25, -0.2) is 4.98 Å². The summed E-state index contributed by atoms with van der Waals surface area (Å²) in [6.07, 6.45) is 10.6. The Hall–Kier alpha value is -0.410. The Morgan fingerprint density at radius 3 is 2.75 bits per heavy atom. The van der Waals surface area contributed by atoms with Crippen molar-refractivity contribution in [1.82, 2.24) is 10.3 Å². The quantitative estimate of drug-likeness (QED) is 0.861. The molecule has 0 amide bonds. The largest absolute Gasteiger partial charge is 0.309 e. The zero-order valence-corrected chi connectivity index (χ0v) is 13.8. The molecule has 1 N–H and O–H groups in total. The van der Waals surface area contributed by atoms with E-state index in [1.54, 1.807) is 4.88 Å². The lowest BCUT2D eigenvalue weighted by Crippen LogP contribution is -2.25. The molecule has 1 aromatic rings. The van der Waals surface area contributed by atoms with Crippen molar-refractivity contribution in [3.8, 4) is 0 Å². The van der Waals surface area contributed by atoms with E-state index in [1.807, 2.05) is 11.3 Å². The lowest BCUT2D eigenvalue weighted by molar-refractivity contribution is 0.346. The van der Waals surface area contributed by atoms with Crippen LogP contribution < -0.4 is 5.32 Å². The highest BCUT2D eigenvalue weighted by Crippen LogP contribution is 2.41. The van der Waals surface area contributed by atoms with Gasteiger partial charge in [-0.1, -0.05) is 26.7 Å². The number of hydrogen-bond donors (Lipinski definition) is 1. The normalized spacial score (nSPS) is 30.2. The van der Waals surface area contributed by atoms with Crippen molar-refractivity contribution in [3.05, 3.63) is 15.6 Å². The van der Waals surface area contributed by atoms with Crippen LogP contribution in [0.15, 0.2) is 0 Å². The first kappa shape index (κ1) is 14.5. The molecule has 2 aliphatic carbocycles. The van der Waals surface area contributed by atoms with E-state index in [1.165, 1.54) is 62.1 Å². The Morgan fingerprint density at radius 1 is 1.20 bits per heavy atom. The zero-order chi connectivity index (χ0) is 13.9. The average Bonchev–Trinajstić information content (AvgIpc) is 2.90. The standard InChI is InChI=1S/C17H28N2S/c1-3-11-18-14-5-4-6-15-16(14)19-17(20-15)13-9-7-12(2)8-10-13/h12-14,18H,3-11H2,1-2H3. The smallest absolute Gasteiger partial charge is 0.0962 e. The molecule has 0 bridgehead atoms. The fourth-order valence-corrected chi connectivity index (χ4v) is 4.97. The van der Waals surface area contributed by atoms with Gasteiger partial charge in [0, 0.05) is 10.8 Å². The fourth-order valence-electron chi connectivity index (χ4n) is 3.64. The van der Waals surface area contributed by atoms with E-state index in [0.717, 1.165) is 18.4 Å². The predicted molar refractivity (Wildman–Crippen MR) is 86.5 cm³/mol. The van der Waals surface area contributed by atoms with Gasteiger partial charge in [0.1, 0.15) is 0 Å². The van der Waals surface area contributed by atoms with Crippen molar-refractivity contribution in [1.29, 1.82) is 0 Å². The third-order valence-corrected chi connectivity index (χ3v) is 6.27. The van der Waals surface area contributed by atoms with E-state index < -0.39 is 0 Å². The Kier molecular flexibility index (Phi) is 4.77. The molecule has 1 aromatic heterocycles. The van der Waals surface area contributed by atoms with Crippen molar-refractivity contribution < 1.29 is 0 Å². The topological polar surface area (TPSA) is 24.9 Å². The van der Waals surface area contributed by atoms with Gasteiger partial charge in [-0.2, -0.15) is 0 Å². The second-order valence-corrected chi connectivity index (χ2v) is 7.83. The van der Waals surface area contributed by atoms with Crippen LogP contribution >= 0.6 is 11.3 Å². The maximum atomic E-state index is 5.09. The Balaban J connectivity index is 1.73. The third kappa shape index (κ3) is 3.09. The number of hydrogen-bond acceptors (Lipinski definition) is 3. The maximum absolute atomic E-state index is 5.09. The zero-order valence-electron chi connectivity index (χ0n) is 13.0. The highest BCUT2D eigenvalue weighted by atomic mass is 32.1. The number of thiazole rings is 1. The molecule has 112 valence electrons. The molecule has 20 heavy (non-hydrogen) atoms. The molecule has 1 saturated carbocycles. The summed E-state index contributed by atoms with van der Waals surface area (Å²) in [5, 5.41) is 5.15. The molecular formula is C17H28N2S. The summed E-state index contributed by atoms with van der Waals surface area (Å²) in [6.45, 7) is 5.76. The minimum absolute atomic E-state index is 0.534. The summed E-state index contributed by atoms with van der Waals surface area (Å²) in [5.74, 6) is 1.69. The Morgan fingerprint density at radius 2 is 2.00 bits per heavy atom. The SMILES string of the molecule is CCCNC1CCCc2sc(C3CCC(C)CC3)nc21. The minimum atomic E-state index is 0.534. The first-order chi connectivity index (χ1) is 9.78. The number of aryl methyl sites for hydroxylation is 1. The fraction of sp³-hybridized carbons (Fsp3) is 0.824. The summed E-state index contributed by atoms with van der Waals surface area (Å²) in [7, 11) is 0. The second-order valence-electron chi connectivity index (χ2n) is 6.72. The maximum Gasteiger partial charge on any atom is 0.0962 e. The monoisotopic (exact) mass is 292 g/mol. The lowest BCUT2D eigenvalue weighted by atomic mass is 9.83. The molecule has 3 rings (SSSR count). The van der Waals surface area contributed by atoms with E-state index in [0.29, 0.717) is 6.04 Å². The van der Waals surface area contributed by atoms with Gasteiger partial charge in [-0.05, 0) is 51.0 Å². The summed E-state index contributed by atoms with van der Waals surface area (Å²) < 4.78 is 0. The number of aromatic nitrogens is 1. The van der Waals surface area contributed by atoms with Crippen LogP contribution in [-0.2, 0) is 6.42 Å². The van der Waals surface area contributed by atoms with Gasteiger partial charge in [0.25, 0.3) is 0 Å². The van der Waals surface area contributed by atoms with Crippen LogP contribution in [0.2, 0.25) is 0 Å². The lowest BCUT2D eigenvalue weighted by Gasteiger charge is -2.24. The second kappa shape index (κ2) is 6.57. The van der Waals surface area contributed by atoms with Crippen molar-refractivity contribution in [2.75, 3.05) is 6.54 Å². The van der Waals surface area contributed by atoms with Crippen LogP contribution in [0.25, 0.3) is 0 Å². The molecule has 0 spiro atoms. The van der Waals surface area contributed by atoms with Gasteiger partial charge in [0.05, 0.1) is 16.7 Å². The average molecular weight is 292 g/mol. The summed E-state index contributed by atoms with van der Waals surface area (Å²) >= 11 is 2.03. The minimum Gasteiger partial charge on any atom is -0.309 e. The van der Waals surface area contributed by atoms with E-state index >= 15 is 0 Å². The van der Waals surface area contributed by atoms with Crippen LogP contribution in [0.4, 0.5) is 0 Å². The summed E-state index contributed by atoms with van der Waals surface area (Å²) in [4.78, 5) is 6.67. The van der Waals surface area contributed by atoms with Crippen molar-refractivity contribution in [3.63, 3.8) is 0 Å². The molecule has 3 heteroatoms. The van der Waals surface area contributed by atoms with Gasteiger partial charge in [-0.15, -0.1) is 11.3 Å². The van der Waals surface area contributed by atoms with Gasteiger partial charge in [-0.3, -0.25) is 0 Å². The number of fused-ring (bicyclic) bond motifs is 1. The van der Waals surface area contributed by atoms with Gasteiger partial charge in [0.15, 0.2) is 0 Å². The van der Waals surface area contributed by atoms with Crippen LogP contribution in [0.5, 0.6) is 0 Å². The molecule has 1 fully saturated rings. The van der Waals surface area contributed by atoms with Crippen molar-refractivity contribution >= 4 is 11.3 Å². The van der Waals surface area contributed by atoms with E-state index in [-0.39, 0.29) is 0 Å². The van der Waals surface area contributed by atoms with E-state index in [4.69, 9.17) is 4.98 Å². The summed E-state index contributed by atoms with van der Waals surface area (Å²) in [6, 6.07) is 0.534. The molecule has 0 radical (unpaired) electrons. The first-order valence-electron chi connectivity index (χ1n) is 8.50. The van der Waals surface area contributed by atoms with E-state index in [9.17, 15) is 0 Å². The number of rotatable bonds is 4. The van der Waals surface area contributed by atoms with Crippen LogP contribution in [0.1, 0.15) is 86.3 Å². The Bertz CT molecular complexity index is 432. The van der Waals surface area contributed by atoms with Crippen molar-refractivity contribution in [2.45, 2.75) is 77.2 Å². The Labute approximate surface area is 127 Å². The molecule has 2 nitrogen and oxygen atoms in total. The molecule has 1 atom stereocenters. The highest BCUT2D eigenvalue weighted by Gasteiger charge is 2.28. The van der Waals surface area contributed by atoms with Gasteiger partial charge in [0.2, 0.25) is 0 Å². The van der Waals surface area contributed by atoms with Crippen LogP contribution in [-0.4, -0.2) is 11.5 Å². The molecule has 0 aliphatic heterocycles. The highest BCUT2D eigenvalue weighted by molar-refractivity contribution is 7.11. The third-order valence-electron chi connectivity index (χ3n) is 4.98. The molecular weight excluding hydrogens is 264 g/mol. The predicted octanol–water partition coefficient (Wildman–Crippen LogP) is 4.81. The molecule has 2 aliphatic rings. The van der Waals surface area contributed by atoms with Gasteiger partial charge < -0.3 is 5.32 Å². The van der Waals surface area contributed by atoms with Crippen LogP contribution in [0, 0.1) is 5.92 Å². The molecule has 0 saturated heterocycles. The first-order valence-corrected chi connectivity index (χ1v) is 9.32. The number of nitrogens with zero attached hydrogens (tertiary/aromatic N) is 1. The molecule has 0 aromatic carbocycles. The van der Waals surface area contributed by atoms with E-state index in [2.05, 4.69) is 19.2 Å². The molecule has 1 heterocycles.